The summed E-state index contributed by atoms with van der Waals surface area (Å²) in [5.74, 6) is 0. The van der Waals surface area contributed by atoms with Crippen molar-refractivity contribution in [1.82, 2.24) is 9.55 Å². The summed E-state index contributed by atoms with van der Waals surface area (Å²) in [5.41, 5.74) is 0. The van der Waals surface area contributed by atoms with Gasteiger partial charge in [0.2, 0.25) is 0 Å². The molecule has 0 N–H and O–H groups in total. The van der Waals surface area contributed by atoms with Crippen LogP contribution in [0.2, 0.25) is 0 Å². The molecule has 0 fully saturated rings. The zero-order valence-corrected chi connectivity index (χ0v) is 13.4. The molecule has 0 aliphatic carbocycles. The lowest BCUT2D eigenvalue weighted by atomic mass is 10.1. The summed E-state index contributed by atoms with van der Waals surface area (Å²) in [5, 5.41) is 4.64. The fourth-order valence-electron chi connectivity index (χ4n) is 2.18. The number of nitrogens with zero attached hydrogens (tertiary/aromatic N) is 2. The second kappa shape index (κ2) is 6.46. The van der Waals surface area contributed by atoms with Crippen molar-refractivity contribution in [3.8, 4) is 0 Å². The van der Waals surface area contributed by atoms with Crippen molar-refractivity contribution in [3.05, 3.63) is 54.9 Å². The minimum Gasteiger partial charge on any atom is -0.326 e. The molecule has 0 bridgehead atoms. The Hall–Kier alpha value is -1.26. The molecule has 2 aromatic carbocycles. The molecule has 0 aliphatic heterocycles. The summed E-state index contributed by atoms with van der Waals surface area (Å²) in [7, 11) is 0. The van der Waals surface area contributed by atoms with E-state index in [1.54, 1.807) is 11.8 Å². The first-order valence-corrected chi connectivity index (χ1v) is 8.55. The summed E-state index contributed by atoms with van der Waals surface area (Å²) < 4.78 is 2.22. The lowest BCUT2D eigenvalue weighted by Crippen LogP contribution is -1.98. The van der Waals surface area contributed by atoms with Gasteiger partial charge < -0.3 is 4.57 Å². The zero-order valence-electron chi connectivity index (χ0n) is 11.0. The van der Waals surface area contributed by atoms with Crippen LogP contribution < -0.4 is 0 Å². The van der Waals surface area contributed by atoms with Gasteiger partial charge in [-0.1, -0.05) is 64.1 Å². The first kappa shape index (κ1) is 13.7. The summed E-state index contributed by atoms with van der Waals surface area (Å²) in [6, 6.07) is 14.9. The summed E-state index contributed by atoms with van der Waals surface area (Å²) in [6.45, 7) is 0.998. The molecule has 102 valence electrons. The van der Waals surface area contributed by atoms with E-state index >= 15 is 0 Å². The highest BCUT2D eigenvalue weighted by Gasteiger charge is 2.07. The first-order valence-electron chi connectivity index (χ1n) is 6.61. The van der Waals surface area contributed by atoms with Crippen LogP contribution in [0.3, 0.4) is 0 Å². The van der Waals surface area contributed by atoms with Gasteiger partial charge in [0, 0.05) is 29.2 Å². The van der Waals surface area contributed by atoms with Crippen LogP contribution in [-0.4, -0.2) is 14.9 Å². The third-order valence-electron chi connectivity index (χ3n) is 3.16. The van der Waals surface area contributed by atoms with Crippen molar-refractivity contribution in [2.75, 3.05) is 5.33 Å². The van der Waals surface area contributed by atoms with Crippen LogP contribution in [0.4, 0.5) is 0 Å². The smallest absolute Gasteiger partial charge is 0.172 e. The quantitative estimate of drug-likeness (QED) is 0.606. The number of aromatic nitrogens is 2. The Kier molecular flexibility index (Phi) is 4.43. The molecular formula is C16H15BrN2S. The van der Waals surface area contributed by atoms with Crippen LogP contribution in [-0.2, 0) is 6.54 Å². The number of hydrogen-bond donors (Lipinski definition) is 0. The van der Waals surface area contributed by atoms with Gasteiger partial charge >= 0.3 is 0 Å². The van der Waals surface area contributed by atoms with Gasteiger partial charge in [0.05, 0.1) is 0 Å². The topological polar surface area (TPSA) is 17.8 Å². The van der Waals surface area contributed by atoms with E-state index in [-0.39, 0.29) is 0 Å². The average molecular weight is 347 g/mol. The fourth-order valence-corrected chi connectivity index (χ4v) is 3.46. The van der Waals surface area contributed by atoms with Gasteiger partial charge in [0.15, 0.2) is 5.16 Å². The van der Waals surface area contributed by atoms with Crippen LogP contribution in [0, 0.1) is 0 Å². The Balaban J connectivity index is 1.92. The maximum atomic E-state index is 4.48. The van der Waals surface area contributed by atoms with E-state index in [1.807, 2.05) is 6.20 Å². The van der Waals surface area contributed by atoms with Crippen molar-refractivity contribution in [3.63, 3.8) is 0 Å². The Labute approximate surface area is 131 Å². The highest BCUT2D eigenvalue weighted by atomic mass is 79.9. The van der Waals surface area contributed by atoms with Crippen LogP contribution in [0.1, 0.15) is 6.42 Å². The molecule has 0 spiro atoms. The van der Waals surface area contributed by atoms with Gasteiger partial charge in [0.1, 0.15) is 0 Å². The van der Waals surface area contributed by atoms with Crippen molar-refractivity contribution in [1.29, 1.82) is 0 Å². The highest BCUT2D eigenvalue weighted by molar-refractivity contribution is 9.09. The zero-order chi connectivity index (χ0) is 13.8. The molecule has 20 heavy (non-hydrogen) atoms. The molecule has 0 radical (unpaired) electrons. The standard InChI is InChI=1S/C16H15BrN2S/c17-9-4-11-19-12-10-18-16(19)20-15-8-3-6-13-5-1-2-7-14(13)15/h1-3,5-8,10,12H,4,9,11H2. The number of halogens is 1. The third-order valence-corrected chi connectivity index (χ3v) is 4.82. The molecule has 0 aliphatic rings. The van der Waals surface area contributed by atoms with Crippen molar-refractivity contribution in [2.45, 2.75) is 23.0 Å². The molecule has 2 nitrogen and oxygen atoms in total. The highest BCUT2D eigenvalue weighted by Crippen LogP contribution is 2.32. The predicted octanol–water partition coefficient (Wildman–Crippen LogP) is 4.97. The van der Waals surface area contributed by atoms with Gasteiger partial charge in [0.25, 0.3) is 0 Å². The van der Waals surface area contributed by atoms with E-state index in [0.717, 1.165) is 23.5 Å². The molecular weight excluding hydrogens is 332 g/mol. The lowest BCUT2D eigenvalue weighted by molar-refractivity contribution is 0.626. The Bertz CT molecular complexity index is 703. The van der Waals surface area contributed by atoms with E-state index in [2.05, 4.69) is 74.1 Å². The number of hydrogen-bond acceptors (Lipinski definition) is 2. The third kappa shape index (κ3) is 2.91. The van der Waals surface area contributed by atoms with Crippen molar-refractivity contribution >= 4 is 38.5 Å². The summed E-state index contributed by atoms with van der Waals surface area (Å²) >= 11 is 5.22. The van der Waals surface area contributed by atoms with E-state index in [0.29, 0.717) is 0 Å². The maximum absolute atomic E-state index is 4.48. The number of imidazole rings is 1. The number of fused-ring (bicyclic) bond motifs is 1. The van der Waals surface area contributed by atoms with Gasteiger partial charge in [-0.15, -0.1) is 0 Å². The number of aryl methyl sites for hydroxylation is 1. The molecule has 3 aromatic rings. The predicted molar refractivity (Wildman–Crippen MR) is 88.7 cm³/mol. The second-order valence-electron chi connectivity index (χ2n) is 4.53. The molecule has 3 rings (SSSR count). The molecule has 0 atom stereocenters. The van der Waals surface area contributed by atoms with Crippen LogP contribution in [0.15, 0.2) is 64.9 Å². The Morgan fingerprint density at radius 2 is 1.95 bits per heavy atom. The monoisotopic (exact) mass is 346 g/mol. The minimum atomic E-state index is 0.998. The molecule has 0 unspecified atom stereocenters. The number of alkyl halides is 1. The van der Waals surface area contributed by atoms with E-state index in [1.165, 1.54) is 15.7 Å². The fraction of sp³-hybridized carbons (Fsp3) is 0.188. The molecule has 0 saturated carbocycles. The summed E-state index contributed by atoms with van der Waals surface area (Å²) in [6.07, 6.45) is 5.04. The maximum Gasteiger partial charge on any atom is 0.172 e. The van der Waals surface area contributed by atoms with Crippen LogP contribution in [0.25, 0.3) is 10.8 Å². The molecule has 0 amide bonds. The SMILES string of the molecule is BrCCCn1ccnc1Sc1cccc2ccccc12. The van der Waals surface area contributed by atoms with Gasteiger partial charge in [-0.25, -0.2) is 4.98 Å². The number of rotatable bonds is 5. The van der Waals surface area contributed by atoms with Crippen LogP contribution in [0.5, 0.6) is 0 Å². The van der Waals surface area contributed by atoms with Gasteiger partial charge in [-0.05, 0) is 23.3 Å². The van der Waals surface area contributed by atoms with Crippen molar-refractivity contribution in [2.24, 2.45) is 0 Å². The van der Waals surface area contributed by atoms with Gasteiger partial charge in [-0.3, -0.25) is 0 Å². The lowest BCUT2D eigenvalue weighted by Gasteiger charge is -2.08. The molecule has 4 heteroatoms. The molecule has 0 saturated heterocycles. The largest absolute Gasteiger partial charge is 0.326 e. The average Bonchev–Trinajstić information content (AvgIpc) is 2.93. The van der Waals surface area contributed by atoms with E-state index in [9.17, 15) is 0 Å². The number of benzene rings is 2. The molecule has 1 aromatic heterocycles. The summed E-state index contributed by atoms with van der Waals surface area (Å²) in [4.78, 5) is 5.74. The minimum absolute atomic E-state index is 0.998. The molecule has 1 heterocycles. The second-order valence-corrected chi connectivity index (χ2v) is 6.33. The Morgan fingerprint density at radius 3 is 2.85 bits per heavy atom. The van der Waals surface area contributed by atoms with Gasteiger partial charge in [-0.2, -0.15) is 0 Å². The normalized spacial score (nSPS) is 11.1. The first-order chi connectivity index (χ1) is 9.88. The van der Waals surface area contributed by atoms with E-state index < -0.39 is 0 Å². The Morgan fingerprint density at radius 1 is 1.10 bits per heavy atom. The van der Waals surface area contributed by atoms with Crippen molar-refractivity contribution < 1.29 is 0 Å². The van der Waals surface area contributed by atoms with Crippen LogP contribution >= 0.6 is 27.7 Å². The van der Waals surface area contributed by atoms with E-state index in [4.69, 9.17) is 0 Å².